The van der Waals surface area contributed by atoms with Gasteiger partial charge in [0.05, 0.1) is 6.20 Å². The minimum Gasteiger partial charge on any atom is -0.383 e. The van der Waals surface area contributed by atoms with E-state index in [1.54, 1.807) is 11.4 Å². The van der Waals surface area contributed by atoms with Gasteiger partial charge in [0.1, 0.15) is 10.7 Å². The number of nitrogen functional groups attached to an aromatic ring is 1. The SMILES string of the molecule is CN(C1C2CC3CC(C2)CC1C3)S(=O)(=O)c1cn[nH]c1N. The predicted octanol–water partition coefficient (Wildman–Crippen LogP) is 1.44. The number of nitrogens with two attached hydrogens (primary N) is 1. The molecule has 116 valence electrons. The number of nitrogens with zero attached hydrogens (tertiary/aromatic N) is 2. The monoisotopic (exact) mass is 310 g/mol. The zero-order valence-corrected chi connectivity index (χ0v) is 13.0. The molecule has 1 aromatic heterocycles. The average molecular weight is 310 g/mol. The summed E-state index contributed by atoms with van der Waals surface area (Å²) in [5, 5.41) is 6.27. The zero-order valence-electron chi connectivity index (χ0n) is 12.2. The van der Waals surface area contributed by atoms with Crippen LogP contribution in [0.15, 0.2) is 11.1 Å². The van der Waals surface area contributed by atoms with E-state index < -0.39 is 10.0 Å². The molecule has 6 nitrogen and oxygen atoms in total. The van der Waals surface area contributed by atoms with E-state index in [-0.39, 0.29) is 16.8 Å². The summed E-state index contributed by atoms with van der Waals surface area (Å²) in [6, 6.07) is 0.136. The van der Waals surface area contributed by atoms with E-state index in [0.29, 0.717) is 11.8 Å². The van der Waals surface area contributed by atoms with Crippen LogP contribution in [-0.2, 0) is 10.0 Å². The molecule has 4 bridgehead atoms. The topological polar surface area (TPSA) is 92.1 Å². The van der Waals surface area contributed by atoms with Gasteiger partial charge in [-0.1, -0.05) is 0 Å². The summed E-state index contributed by atoms with van der Waals surface area (Å²) in [5.41, 5.74) is 5.72. The molecule has 4 fully saturated rings. The molecular formula is C14H22N4O2S. The van der Waals surface area contributed by atoms with Crippen molar-refractivity contribution in [1.82, 2.24) is 14.5 Å². The average Bonchev–Trinajstić information content (AvgIpc) is 2.84. The van der Waals surface area contributed by atoms with Crippen LogP contribution in [-0.4, -0.2) is 36.0 Å². The molecule has 0 aromatic carbocycles. The first-order valence-corrected chi connectivity index (χ1v) is 9.17. The molecule has 5 rings (SSSR count). The van der Waals surface area contributed by atoms with Gasteiger partial charge in [-0.05, 0) is 55.8 Å². The Morgan fingerprint density at radius 1 is 1.19 bits per heavy atom. The second-order valence-electron chi connectivity index (χ2n) is 7.09. The zero-order chi connectivity index (χ0) is 14.8. The molecule has 1 aromatic rings. The van der Waals surface area contributed by atoms with E-state index in [2.05, 4.69) is 10.2 Å². The molecule has 0 aliphatic heterocycles. The summed E-state index contributed by atoms with van der Waals surface area (Å²) in [5.74, 6) is 2.84. The maximum atomic E-state index is 12.8. The van der Waals surface area contributed by atoms with Gasteiger partial charge in [-0.3, -0.25) is 5.10 Å². The van der Waals surface area contributed by atoms with Gasteiger partial charge in [0.25, 0.3) is 0 Å². The summed E-state index contributed by atoms with van der Waals surface area (Å²) < 4.78 is 27.2. The van der Waals surface area contributed by atoms with Crippen molar-refractivity contribution in [2.75, 3.05) is 12.8 Å². The summed E-state index contributed by atoms with van der Waals surface area (Å²) in [7, 11) is -1.84. The predicted molar refractivity (Wildman–Crippen MR) is 78.8 cm³/mol. The van der Waals surface area contributed by atoms with Crippen LogP contribution >= 0.6 is 0 Å². The van der Waals surface area contributed by atoms with Gasteiger partial charge in [0.15, 0.2) is 0 Å². The Morgan fingerprint density at radius 3 is 2.24 bits per heavy atom. The minimum atomic E-state index is -3.56. The van der Waals surface area contributed by atoms with Crippen molar-refractivity contribution in [3.8, 4) is 0 Å². The van der Waals surface area contributed by atoms with Crippen LogP contribution in [0.5, 0.6) is 0 Å². The number of sulfonamides is 1. The Hall–Kier alpha value is -1.08. The van der Waals surface area contributed by atoms with E-state index in [9.17, 15) is 8.42 Å². The molecule has 0 spiro atoms. The van der Waals surface area contributed by atoms with Gasteiger partial charge in [-0.15, -0.1) is 0 Å². The number of rotatable bonds is 3. The fourth-order valence-electron chi connectivity index (χ4n) is 5.30. The highest BCUT2D eigenvalue weighted by Crippen LogP contribution is 2.55. The Morgan fingerprint density at radius 2 is 1.76 bits per heavy atom. The summed E-state index contributed by atoms with van der Waals surface area (Å²) >= 11 is 0. The third kappa shape index (κ3) is 1.93. The van der Waals surface area contributed by atoms with Gasteiger partial charge in [0, 0.05) is 13.1 Å². The molecule has 4 saturated carbocycles. The Kier molecular flexibility index (Phi) is 2.88. The standard InChI is InChI=1S/C14H22N4O2S/c1-18(21(19,20)12-7-16-17-14(12)15)13-10-3-8-2-9(5-10)6-11(13)4-8/h7-11,13H,2-6H2,1H3,(H3,15,16,17). The molecule has 0 radical (unpaired) electrons. The molecule has 4 aliphatic carbocycles. The Labute approximate surface area is 125 Å². The lowest BCUT2D eigenvalue weighted by molar-refractivity contribution is -0.0351. The molecule has 7 heteroatoms. The third-order valence-corrected chi connectivity index (χ3v) is 7.77. The van der Waals surface area contributed by atoms with Crippen molar-refractivity contribution < 1.29 is 8.42 Å². The van der Waals surface area contributed by atoms with Gasteiger partial charge in [-0.2, -0.15) is 9.40 Å². The number of H-pyrrole nitrogens is 1. The summed E-state index contributed by atoms with van der Waals surface area (Å²) in [4.78, 5) is 0.110. The fourth-order valence-corrected chi connectivity index (χ4v) is 6.78. The normalized spacial score (nSPS) is 38.3. The lowest BCUT2D eigenvalue weighted by Gasteiger charge is -2.56. The van der Waals surface area contributed by atoms with Gasteiger partial charge >= 0.3 is 0 Å². The van der Waals surface area contributed by atoms with Crippen LogP contribution in [0.1, 0.15) is 32.1 Å². The number of anilines is 1. The van der Waals surface area contributed by atoms with Crippen LogP contribution in [0.3, 0.4) is 0 Å². The molecule has 0 saturated heterocycles. The first-order chi connectivity index (χ1) is 9.96. The minimum absolute atomic E-state index is 0.110. The van der Waals surface area contributed by atoms with Crippen molar-refractivity contribution in [3.63, 3.8) is 0 Å². The third-order valence-electron chi connectivity index (χ3n) is 5.89. The maximum Gasteiger partial charge on any atom is 0.248 e. The molecule has 3 N–H and O–H groups in total. The van der Waals surface area contributed by atoms with Gasteiger partial charge < -0.3 is 5.73 Å². The van der Waals surface area contributed by atoms with E-state index in [1.165, 1.54) is 38.3 Å². The van der Waals surface area contributed by atoms with E-state index in [0.717, 1.165) is 11.8 Å². The van der Waals surface area contributed by atoms with Gasteiger partial charge in [0.2, 0.25) is 10.0 Å². The molecule has 21 heavy (non-hydrogen) atoms. The number of aromatic nitrogens is 2. The molecule has 0 atom stereocenters. The van der Waals surface area contributed by atoms with Crippen LogP contribution in [0, 0.1) is 23.7 Å². The second-order valence-corrected chi connectivity index (χ2v) is 9.06. The van der Waals surface area contributed by atoms with Crippen LogP contribution in [0.4, 0.5) is 5.82 Å². The summed E-state index contributed by atoms with van der Waals surface area (Å²) in [6.45, 7) is 0. The van der Waals surface area contributed by atoms with E-state index in [4.69, 9.17) is 5.73 Å². The smallest absolute Gasteiger partial charge is 0.248 e. The Bertz CT molecular complexity index is 626. The fraction of sp³-hybridized carbons (Fsp3) is 0.786. The quantitative estimate of drug-likeness (QED) is 0.883. The first kappa shape index (κ1) is 13.6. The van der Waals surface area contributed by atoms with E-state index in [1.807, 2.05) is 0 Å². The maximum absolute atomic E-state index is 12.8. The number of hydrogen-bond acceptors (Lipinski definition) is 4. The highest BCUT2D eigenvalue weighted by Gasteiger charge is 2.51. The van der Waals surface area contributed by atoms with E-state index >= 15 is 0 Å². The molecule has 0 amide bonds. The van der Waals surface area contributed by atoms with Crippen molar-refractivity contribution in [3.05, 3.63) is 6.20 Å². The molecule has 1 heterocycles. The number of hydrogen-bond donors (Lipinski definition) is 2. The molecule has 4 aliphatic rings. The Balaban J connectivity index is 1.66. The van der Waals surface area contributed by atoms with Crippen molar-refractivity contribution in [2.45, 2.75) is 43.0 Å². The van der Waals surface area contributed by atoms with Crippen molar-refractivity contribution in [2.24, 2.45) is 23.7 Å². The van der Waals surface area contributed by atoms with Crippen molar-refractivity contribution >= 4 is 15.8 Å². The van der Waals surface area contributed by atoms with Gasteiger partial charge in [-0.25, -0.2) is 8.42 Å². The molecule has 0 unspecified atom stereocenters. The van der Waals surface area contributed by atoms with Crippen LogP contribution < -0.4 is 5.73 Å². The van der Waals surface area contributed by atoms with Crippen LogP contribution in [0.2, 0.25) is 0 Å². The number of aromatic amines is 1. The lowest BCUT2D eigenvalue weighted by Crippen LogP contribution is -2.56. The highest BCUT2D eigenvalue weighted by atomic mass is 32.2. The summed E-state index contributed by atoms with van der Waals surface area (Å²) in [6.07, 6.45) is 7.45. The van der Waals surface area contributed by atoms with Crippen LogP contribution in [0.25, 0.3) is 0 Å². The lowest BCUT2D eigenvalue weighted by atomic mass is 9.54. The molecular weight excluding hydrogens is 288 g/mol. The largest absolute Gasteiger partial charge is 0.383 e. The number of nitrogens with one attached hydrogen (secondary N) is 1. The second kappa shape index (κ2) is 4.46. The van der Waals surface area contributed by atoms with Crippen molar-refractivity contribution in [1.29, 1.82) is 0 Å². The first-order valence-electron chi connectivity index (χ1n) is 7.73. The highest BCUT2D eigenvalue weighted by molar-refractivity contribution is 7.89.